The monoisotopic (exact) mass is 556 g/mol. The Bertz CT molecular complexity index is 1450. The highest BCUT2D eigenvalue weighted by Crippen LogP contribution is 2.63. The Morgan fingerprint density at radius 1 is 0.619 bits per heavy atom. The molecule has 4 heteroatoms. The zero-order valence-corrected chi connectivity index (χ0v) is 25.0. The van der Waals surface area contributed by atoms with Crippen molar-refractivity contribution < 1.29 is 9.47 Å². The number of methoxy groups -OCH3 is 2. The lowest BCUT2D eigenvalue weighted by molar-refractivity contribution is -0.00963. The highest BCUT2D eigenvalue weighted by molar-refractivity contribution is 5.67. The van der Waals surface area contributed by atoms with Gasteiger partial charge in [0.05, 0.1) is 26.3 Å². The van der Waals surface area contributed by atoms with Crippen molar-refractivity contribution >= 4 is 11.4 Å². The van der Waals surface area contributed by atoms with Crippen molar-refractivity contribution in [3.05, 3.63) is 132 Å². The van der Waals surface area contributed by atoms with Crippen LogP contribution in [-0.4, -0.2) is 20.4 Å². The molecule has 1 aliphatic heterocycles. The molecule has 4 aliphatic rings. The number of allylic oxidation sites excluding steroid dienone is 1. The molecule has 0 spiro atoms. The number of hydrogen-bond acceptors (Lipinski definition) is 4. The van der Waals surface area contributed by atoms with Gasteiger partial charge in [0.1, 0.15) is 17.7 Å². The average Bonchev–Trinajstić information content (AvgIpc) is 3.41. The first-order valence-corrected chi connectivity index (χ1v) is 15.2. The molecular formula is C38H40N2O2. The lowest BCUT2D eigenvalue weighted by Crippen LogP contribution is -2.54. The molecule has 1 heterocycles. The summed E-state index contributed by atoms with van der Waals surface area (Å²) >= 11 is 0. The van der Waals surface area contributed by atoms with Crippen LogP contribution in [0.4, 0.5) is 11.4 Å². The fourth-order valence-corrected chi connectivity index (χ4v) is 7.85. The number of fused-ring (bicyclic) bond motifs is 1. The summed E-state index contributed by atoms with van der Waals surface area (Å²) in [6.45, 7) is 4.96. The molecule has 4 atom stereocenters. The summed E-state index contributed by atoms with van der Waals surface area (Å²) < 4.78 is 11.2. The molecule has 2 bridgehead atoms. The van der Waals surface area contributed by atoms with Crippen molar-refractivity contribution in [3.8, 4) is 11.5 Å². The zero-order chi connectivity index (χ0) is 28.8. The van der Waals surface area contributed by atoms with Gasteiger partial charge in [0.15, 0.2) is 0 Å². The molecule has 4 aromatic rings. The van der Waals surface area contributed by atoms with Crippen LogP contribution < -0.4 is 19.3 Å². The van der Waals surface area contributed by atoms with Gasteiger partial charge in [-0.2, -0.15) is 0 Å². The molecule has 1 saturated carbocycles. The molecule has 4 aromatic carbocycles. The average molecular weight is 557 g/mol. The van der Waals surface area contributed by atoms with Gasteiger partial charge in [-0.15, -0.1) is 0 Å². The maximum absolute atomic E-state index is 5.59. The smallest absolute Gasteiger partial charge is 0.125 e. The van der Waals surface area contributed by atoms with Gasteiger partial charge in [-0.25, -0.2) is 0 Å². The van der Waals surface area contributed by atoms with E-state index in [4.69, 9.17) is 9.47 Å². The molecule has 1 saturated heterocycles. The van der Waals surface area contributed by atoms with E-state index in [9.17, 15) is 0 Å². The SMILES string of the molecule is COc1ccc(N2C(C3=CC[C@@H]4C[C@H]3C4(C)C)N(c3ccc(OC)cc3)[C@H](c3ccccc3)[C@H]2c2ccccc2)cc1. The number of benzene rings is 4. The van der Waals surface area contributed by atoms with Crippen LogP contribution in [0.25, 0.3) is 0 Å². The third kappa shape index (κ3) is 4.27. The number of hydrogen-bond donors (Lipinski definition) is 0. The Labute approximate surface area is 250 Å². The number of ether oxygens (including phenoxy) is 2. The molecule has 0 unspecified atom stereocenters. The number of rotatable bonds is 7. The van der Waals surface area contributed by atoms with E-state index in [1.54, 1.807) is 19.8 Å². The highest BCUT2D eigenvalue weighted by atomic mass is 16.5. The van der Waals surface area contributed by atoms with Crippen LogP contribution in [0.15, 0.2) is 121 Å². The second-order valence-corrected chi connectivity index (χ2v) is 12.5. The van der Waals surface area contributed by atoms with Gasteiger partial charge in [0, 0.05) is 11.4 Å². The van der Waals surface area contributed by atoms with E-state index >= 15 is 0 Å². The van der Waals surface area contributed by atoms with Gasteiger partial charge < -0.3 is 19.3 Å². The first kappa shape index (κ1) is 26.7. The molecule has 0 aromatic heterocycles. The molecule has 2 fully saturated rings. The van der Waals surface area contributed by atoms with Gasteiger partial charge >= 0.3 is 0 Å². The summed E-state index contributed by atoms with van der Waals surface area (Å²) in [7, 11) is 3.47. The lowest BCUT2D eigenvalue weighted by Gasteiger charge is -2.58. The summed E-state index contributed by atoms with van der Waals surface area (Å²) in [4.78, 5) is 5.38. The van der Waals surface area contributed by atoms with E-state index in [-0.39, 0.29) is 18.2 Å². The van der Waals surface area contributed by atoms with E-state index in [0.29, 0.717) is 11.3 Å². The minimum atomic E-state index is 0.0488. The molecule has 0 N–H and O–H groups in total. The van der Waals surface area contributed by atoms with Crippen molar-refractivity contribution in [3.63, 3.8) is 0 Å². The van der Waals surface area contributed by atoms with Gasteiger partial charge in [-0.1, -0.05) is 80.6 Å². The van der Waals surface area contributed by atoms with Crippen LogP contribution in [0, 0.1) is 17.3 Å². The number of anilines is 2. The third-order valence-electron chi connectivity index (χ3n) is 10.3. The summed E-state index contributed by atoms with van der Waals surface area (Å²) in [6.07, 6.45) is 5.05. The molecule has 8 rings (SSSR count). The number of nitrogens with zero attached hydrogens (tertiary/aromatic N) is 2. The van der Waals surface area contributed by atoms with Crippen molar-refractivity contribution in [1.29, 1.82) is 0 Å². The van der Waals surface area contributed by atoms with Crippen molar-refractivity contribution in [2.45, 2.75) is 44.9 Å². The Kier molecular flexibility index (Phi) is 6.73. The third-order valence-corrected chi connectivity index (χ3v) is 10.3. The van der Waals surface area contributed by atoms with Crippen molar-refractivity contribution in [1.82, 2.24) is 0 Å². The summed E-state index contributed by atoms with van der Waals surface area (Å²) in [5.41, 5.74) is 6.87. The molecule has 3 aliphatic carbocycles. The predicted octanol–water partition coefficient (Wildman–Crippen LogP) is 8.83. The molecule has 4 nitrogen and oxygen atoms in total. The van der Waals surface area contributed by atoms with Crippen LogP contribution in [0.2, 0.25) is 0 Å². The van der Waals surface area contributed by atoms with Crippen LogP contribution in [-0.2, 0) is 0 Å². The van der Waals surface area contributed by atoms with Crippen molar-refractivity contribution in [2.24, 2.45) is 17.3 Å². The fourth-order valence-electron chi connectivity index (χ4n) is 7.85. The molecule has 214 valence electrons. The topological polar surface area (TPSA) is 24.9 Å². The summed E-state index contributed by atoms with van der Waals surface area (Å²) in [5.74, 6) is 3.06. The lowest BCUT2D eigenvalue weighted by atomic mass is 9.48. The molecule has 42 heavy (non-hydrogen) atoms. The summed E-state index contributed by atoms with van der Waals surface area (Å²) in [6, 6.07) is 39.6. The highest BCUT2D eigenvalue weighted by Gasteiger charge is 2.58. The zero-order valence-electron chi connectivity index (χ0n) is 25.0. The molecule has 0 amide bonds. The second-order valence-electron chi connectivity index (χ2n) is 12.5. The van der Waals surface area contributed by atoms with E-state index in [0.717, 1.165) is 23.8 Å². The maximum atomic E-state index is 5.59. The Morgan fingerprint density at radius 3 is 1.45 bits per heavy atom. The van der Waals surface area contributed by atoms with Crippen LogP contribution in [0.5, 0.6) is 11.5 Å². The quantitative estimate of drug-likeness (QED) is 0.212. The van der Waals surface area contributed by atoms with Crippen LogP contribution >= 0.6 is 0 Å². The van der Waals surface area contributed by atoms with Gasteiger partial charge in [-0.3, -0.25) is 0 Å². The van der Waals surface area contributed by atoms with Gasteiger partial charge in [-0.05, 0) is 95.3 Å². The first-order chi connectivity index (χ1) is 20.5. The van der Waals surface area contributed by atoms with Gasteiger partial charge in [0.25, 0.3) is 0 Å². The van der Waals surface area contributed by atoms with E-state index in [1.165, 1.54) is 28.9 Å². The minimum Gasteiger partial charge on any atom is -0.497 e. The van der Waals surface area contributed by atoms with Crippen molar-refractivity contribution in [2.75, 3.05) is 24.0 Å². The Hall–Kier alpha value is -4.18. The van der Waals surface area contributed by atoms with Gasteiger partial charge in [0.2, 0.25) is 0 Å². The predicted molar refractivity (Wildman–Crippen MR) is 171 cm³/mol. The van der Waals surface area contributed by atoms with Crippen LogP contribution in [0.1, 0.15) is 49.9 Å². The minimum absolute atomic E-state index is 0.0488. The normalized spacial score (nSPS) is 24.6. The largest absolute Gasteiger partial charge is 0.497 e. The molecular weight excluding hydrogens is 516 g/mol. The standard InChI is InChI=1S/C38H40N2O2/c1-38(2)28-15-24-33(34(38)25-28)37-39(29-16-20-31(41-3)21-17-29)35(26-11-7-5-8-12-26)36(27-13-9-6-10-14-27)40(37)30-18-22-32(42-4)23-19-30/h5-14,16-24,28,34-37H,15,25H2,1-4H3/t28-,34-,35-,36-/m1/s1. The Morgan fingerprint density at radius 2 is 1.07 bits per heavy atom. The van der Waals surface area contributed by atoms with E-state index in [2.05, 4.69) is 139 Å². The Balaban J connectivity index is 1.50. The maximum Gasteiger partial charge on any atom is 0.125 e. The van der Waals surface area contributed by atoms with E-state index in [1.807, 2.05) is 0 Å². The summed E-state index contributed by atoms with van der Waals surface area (Å²) in [5, 5.41) is 0. The van der Waals surface area contributed by atoms with Crippen LogP contribution in [0.3, 0.4) is 0 Å². The second kappa shape index (κ2) is 10.6. The van der Waals surface area contributed by atoms with E-state index < -0.39 is 0 Å². The fraction of sp³-hybridized carbons (Fsp3) is 0.316. The molecule has 0 radical (unpaired) electrons. The first-order valence-electron chi connectivity index (χ1n) is 15.2.